The third-order valence-corrected chi connectivity index (χ3v) is 5.39. The minimum absolute atomic E-state index is 0.0835. The summed E-state index contributed by atoms with van der Waals surface area (Å²) in [5.74, 6) is -3.97. The predicted octanol–water partition coefficient (Wildman–Crippen LogP) is 4.57. The highest BCUT2D eigenvalue weighted by Crippen LogP contribution is 2.50. The number of halogens is 5. The van der Waals surface area contributed by atoms with E-state index < -0.39 is 47.0 Å². The minimum atomic E-state index is -5.30. The van der Waals surface area contributed by atoms with Crippen LogP contribution in [-0.4, -0.2) is 32.5 Å². The molecule has 27 heavy (non-hydrogen) atoms. The van der Waals surface area contributed by atoms with Gasteiger partial charge in [0.05, 0.1) is 28.2 Å². The molecule has 1 aromatic heterocycles. The van der Waals surface area contributed by atoms with Crippen molar-refractivity contribution in [3.05, 3.63) is 51.5 Å². The maximum Gasteiger partial charge on any atom is 0.490 e. The summed E-state index contributed by atoms with van der Waals surface area (Å²) < 4.78 is 68.7. The molecule has 0 unspecified atom stereocenters. The molecule has 0 saturated carbocycles. The van der Waals surface area contributed by atoms with Crippen LogP contribution in [0.1, 0.15) is 47.0 Å². The number of nitrogens with zero attached hydrogens (tertiary/aromatic N) is 2. The van der Waals surface area contributed by atoms with Crippen LogP contribution in [0, 0.1) is 11.6 Å². The summed E-state index contributed by atoms with van der Waals surface area (Å²) in [5, 5.41) is 19.4. The summed E-state index contributed by atoms with van der Waals surface area (Å²) in [6.45, 7) is 0. The minimum Gasteiger partial charge on any atom is -0.465 e. The van der Waals surface area contributed by atoms with Crippen molar-refractivity contribution < 1.29 is 37.0 Å². The van der Waals surface area contributed by atoms with E-state index >= 15 is 0 Å². The number of fused-ring (bicyclic) bond motifs is 1. The fourth-order valence-electron chi connectivity index (χ4n) is 3.36. The van der Waals surface area contributed by atoms with Crippen molar-refractivity contribution in [3.63, 3.8) is 0 Å². The summed E-state index contributed by atoms with van der Waals surface area (Å²) in [5.41, 5.74) is 0.713. The Hall–Kier alpha value is -2.27. The Morgan fingerprint density at radius 3 is 2.59 bits per heavy atom. The summed E-state index contributed by atoms with van der Waals surface area (Å²) in [4.78, 5) is 14.4. The number of alkyl halides is 3. The SMILES string of the molecule is O=C(O)N([C@@H]1c2scnc2[C@H](O)CC[C@H]1c1cccc(F)c1F)C(F)(F)F. The van der Waals surface area contributed by atoms with Crippen LogP contribution in [0.25, 0.3) is 0 Å². The lowest BCUT2D eigenvalue weighted by Crippen LogP contribution is -2.46. The van der Waals surface area contributed by atoms with E-state index in [1.54, 1.807) is 0 Å². The van der Waals surface area contributed by atoms with E-state index in [1.807, 2.05) is 0 Å². The Balaban J connectivity index is 2.24. The Kier molecular flexibility index (Phi) is 5.08. The third-order valence-electron chi connectivity index (χ3n) is 4.48. The van der Waals surface area contributed by atoms with Crippen molar-refractivity contribution in [2.45, 2.75) is 37.2 Å². The van der Waals surface area contributed by atoms with Gasteiger partial charge >= 0.3 is 12.4 Å². The standard InChI is InChI=1S/C16H13F5N2O3S/c17-9-3-1-2-7(11(9)18)8-4-5-10(24)12-14(27-6-22-12)13(8)23(15(25)26)16(19,20)21/h1-3,6,8,10,13,24H,4-5H2,(H,25,26)/t8-,10+,13-/m0/s1. The quantitative estimate of drug-likeness (QED) is 0.434. The largest absolute Gasteiger partial charge is 0.490 e. The Morgan fingerprint density at radius 2 is 1.96 bits per heavy atom. The number of hydrogen-bond acceptors (Lipinski definition) is 4. The molecule has 3 rings (SSSR count). The molecule has 2 aromatic rings. The number of benzene rings is 1. The number of amides is 1. The van der Waals surface area contributed by atoms with E-state index in [0.29, 0.717) is 0 Å². The summed E-state index contributed by atoms with van der Waals surface area (Å²) >= 11 is 0.729. The predicted molar refractivity (Wildman–Crippen MR) is 84.1 cm³/mol. The molecule has 0 saturated heterocycles. The number of aromatic nitrogens is 1. The molecule has 1 aliphatic carbocycles. The van der Waals surface area contributed by atoms with Crippen LogP contribution < -0.4 is 0 Å². The lowest BCUT2D eigenvalue weighted by Gasteiger charge is -2.35. The van der Waals surface area contributed by atoms with Gasteiger partial charge in [0.1, 0.15) is 0 Å². The van der Waals surface area contributed by atoms with E-state index in [1.165, 1.54) is 5.51 Å². The fraction of sp³-hybridized carbons (Fsp3) is 0.375. The van der Waals surface area contributed by atoms with Crippen LogP contribution in [0.15, 0.2) is 23.7 Å². The van der Waals surface area contributed by atoms with E-state index in [4.69, 9.17) is 0 Å². The highest BCUT2D eigenvalue weighted by molar-refractivity contribution is 7.09. The van der Waals surface area contributed by atoms with Gasteiger partial charge in [0.15, 0.2) is 11.6 Å². The van der Waals surface area contributed by atoms with Gasteiger partial charge in [0, 0.05) is 5.92 Å². The highest BCUT2D eigenvalue weighted by Gasteiger charge is 2.52. The second kappa shape index (κ2) is 7.04. The first-order valence-electron chi connectivity index (χ1n) is 7.77. The summed E-state index contributed by atoms with van der Waals surface area (Å²) in [7, 11) is 0. The van der Waals surface area contributed by atoms with Crippen LogP contribution in [0.2, 0.25) is 0 Å². The average molecular weight is 408 g/mol. The first-order chi connectivity index (χ1) is 12.6. The molecule has 1 aromatic carbocycles. The summed E-state index contributed by atoms with van der Waals surface area (Å²) in [6, 6.07) is 1.16. The molecule has 3 atom stereocenters. The zero-order valence-electron chi connectivity index (χ0n) is 13.5. The lowest BCUT2D eigenvalue weighted by molar-refractivity contribution is -0.243. The number of carboxylic acid groups (broad SMARTS) is 1. The van der Waals surface area contributed by atoms with Gasteiger partial charge in [0.2, 0.25) is 0 Å². The van der Waals surface area contributed by atoms with Crippen molar-refractivity contribution in [1.82, 2.24) is 9.88 Å². The van der Waals surface area contributed by atoms with Crippen molar-refractivity contribution in [2.24, 2.45) is 0 Å². The molecule has 2 N–H and O–H groups in total. The Morgan fingerprint density at radius 1 is 1.26 bits per heavy atom. The molecule has 11 heteroatoms. The summed E-state index contributed by atoms with van der Waals surface area (Å²) in [6.07, 6.45) is -9.10. The second-order valence-corrected chi connectivity index (χ2v) is 6.90. The maximum atomic E-state index is 14.4. The Bertz CT molecular complexity index is 857. The van der Waals surface area contributed by atoms with Gasteiger partial charge in [-0.05, 0) is 24.5 Å². The van der Waals surface area contributed by atoms with Gasteiger partial charge in [-0.1, -0.05) is 12.1 Å². The van der Waals surface area contributed by atoms with E-state index in [0.717, 1.165) is 29.5 Å². The molecule has 146 valence electrons. The lowest BCUT2D eigenvalue weighted by atomic mass is 9.86. The molecule has 5 nitrogen and oxygen atoms in total. The number of thiazole rings is 1. The van der Waals surface area contributed by atoms with E-state index in [2.05, 4.69) is 4.98 Å². The van der Waals surface area contributed by atoms with Gasteiger partial charge < -0.3 is 10.2 Å². The van der Waals surface area contributed by atoms with Gasteiger partial charge in [0.25, 0.3) is 0 Å². The normalized spacial score (nSPS) is 22.8. The Labute approximate surface area is 153 Å². The zero-order valence-corrected chi connectivity index (χ0v) is 14.3. The van der Waals surface area contributed by atoms with Crippen molar-refractivity contribution >= 4 is 17.4 Å². The topological polar surface area (TPSA) is 73.7 Å². The van der Waals surface area contributed by atoms with Crippen molar-refractivity contribution in [1.29, 1.82) is 0 Å². The molecule has 1 heterocycles. The maximum absolute atomic E-state index is 14.4. The van der Waals surface area contributed by atoms with Crippen LogP contribution in [-0.2, 0) is 0 Å². The molecule has 1 amide bonds. The third kappa shape index (κ3) is 3.48. The van der Waals surface area contributed by atoms with E-state index in [9.17, 15) is 37.0 Å². The van der Waals surface area contributed by atoms with Gasteiger partial charge in [-0.3, -0.25) is 0 Å². The van der Waals surface area contributed by atoms with Crippen molar-refractivity contribution in [3.8, 4) is 0 Å². The smallest absolute Gasteiger partial charge is 0.465 e. The van der Waals surface area contributed by atoms with Crippen LogP contribution in [0.4, 0.5) is 26.7 Å². The molecular weight excluding hydrogens is 395 g/mol. The van der Waals surface area contributed by atoms with Gasteiger partial charge in [-0.25, -0.2) is 23.5 Å². The molecule has 0 aliphatic heterocycles. The molecule has 0 radical (unpaired) electrons. The van der Waals surface area contributed by atoms with Gasteiger partial charge in [-0.2, -0.15) is 0 Å². The first-order valence-corrected chi connectivity index (χ1v) is 8.65. The zero-order chi connectivity index (χ0) is 19.9. The van der Waals surface area contributed by atoms with Crippen LogP contribution in [0.3, 0.4) is 0 Å². The average Bonchev–Trinajstić information content (AvgIpc) is 3.00. The fourth-order valence-corrected chi connectivity index (χ4v) is 4.36. The number of hydrogen-bond donors (Lipinski definition) is 2. The monoisotopic (exact) mass is 408 g/mol. The van der Waals surface area contributed by atoms with Crippen LogP contribution >= 0.6 is 11.3 Å². The molecule has 1 aliphatic rings. The number of carbonyl (C=O) groups is 1. The number of aliphatic hydroxyl groups is 1. The van der Waals surface area contributed by atoms with E-state index in [-0.39, 0.29) is 29.0 Å². The van der Waals surface area contributed by atoms with Crippen LogP contribution in [0.5, 0.6) is 0 Å². The highest BCUT2D eigenvalue weighted by atomic mass is 32.1. The number of aliphatic hydroxyl groups excluding tert-OH is 1. The van der Waals surface area contributed by atoms with Crippen molar-refractivity contribution in [2.75, 3.05) is 0 Å². The molecule has 0 bridgehead atoms. The molecule has 0 spiro atoms. The molecule has 0 fully saturated rings. The second-order valence-electron chi connectivity index (χ2n) is 6.01. The first kappa shape index (κ1) is 19.5. The van der Waals surface area contributed by atoms with Gasteiger partial charge in [-0.15, -0.1) is 24.5 Å². The number of rotatable bonds is 2. The molecular formula is C16H13F5N2O3S.